The number of hydrogen-bond donors (Lipinski definition) is 3. The summed E-state index contributed by atoms with van der Waals surface area (Å²) in [5.41, 5.74) is 7.34. The third kappa shape index (κ3) is 6.68. The summed E-state index contributed by atoms with van der Waals surface area (Å²) >= 11 is 6.34. The van der Waals surface area contributed by atoms with Crippen molar-refractivity contribution in [3.05, 3.63) is 64.7 Å². The highest BCUT2D eigenvalue weighted by Gasteiger charge is 2.41. The SMILES string of the molecule is NC(=O)[C@@H](CC1CC1)[C@@H](CCC(F)(F)F)C(=O)N[C@H]1N=C(c2ccccc2)c2cccc(Cl)c2NC1=O. The number of aliphatic imine (C=N–C) groups is 1. The van der Waals surface area contributed by atoms with Gasteiger partial charge >= 0.3 is 6.18 Å². The number of alkyl halides is 3. The fourth-order valence-electron chi connectivity index (χ4n) is 4.49. The zero-order chi connectivity index (χ0) is 26.7. The predicted molar refractivity (Wildman–Crippen MR) is 133 cm³/mol. The molecular weight excluding hydrogens is 509 g/mol. The largest absolute Gasteiger partial charge is 0.389 e. The second-order valence-electron chi connectivity index (χ2n) is 9.35. The first-order valence-corrected chi connectivity index (χ1v) is 12.3. The molecule has 0 radical (unpaired) electrons. The Morgan fingerprint density at radius 3 is 2.43 bits per heavy atom. The molecule has 4 rings (SSSR count). The Morgan fingerprint density at radius 1 is 1.11 bits per heavy atom. The summed E-state index contributed by atoms with van der Waals surface area (Å²) in [6.07, 6.45) is -6.03. The number of anilines is 1. The minimum absolute atomic E-state index is 0.138. The van der Waals surface area contributed by atoms with Crippen LogP contribution in [0.2, 0.25) is 5.02 Å². The number of nitrogens with two attached hydrogens (primary N) is 1. The number of fused-ring (bicyclic) bond motifs is 1. The molecule has 2 aromatic carbocycles. The second kappa shape index (κ2) is 10.9. The molecular formula is C26H26ClF3N4O3. The Hall–Kier alpha value is -3.40. The van der Waals surface area contributed by atoms with Crippen molar-refractivity contribution in [1.29, 1.82) is 0 Å². The molecule has 4 N–H and O–H groups in total. The molecule has 1 fully saturated rings. The van der Waals surface area contributed by atoms with Crippen LogP contribution in [-0.4, -0.2) is 35.8 Å². The number of nitrogens with one attached hydrogen (secondary N) is 2. The first kappa shape index (κ1) is 26.7. The van der Waals surface area contributed by atoms with E-state index in [0.717, 1.165) is 12.8 Å². The van der Waals surface area contributed by atoms with E-state index in [0.29, 0.717) is 22.5 Å². The minimum Gasteiger partial charge on any atom is -0.369 e. The average Bonchev–Trinajstić information content (AvgIpc) is 3.67. The monoisotopic (exact) mass is 534 g/mol. The van der Waals surface area contributed by atoms with Crippen molar-refractivity contribution in [2.24, 2.45) is 28.5 Å². The van der Waals surface area contributed by atoms with Gasteiger partial charge in [-0.3, -0.25) is 14.4 Å². The Labute approximate surface area is 216 Å². The molecule has 1 aliphatic heterocycles. The minimum atomic E-state index is -4.53. The van der Waals surface area contributed by atoms with Crippen LogP contribution in [0.25, 0.3) is 0 Å². The van der Waals surface area contributed by atoms with Crippen molar-refractivity contribution in [3.63, 3.8) is 0 Å². The third-order valence-corrected chi connectivity index (χ3v) is 6.88. The summed E-state index contributed by atoms with van der Waals surface area (Å²) in [7, 11) is 0. The average molecular weight is 535 g/mol. The summed E-state index contributed by atoms with van der Waals surface area (Å²) in [6.45, 7) is 0. The van der Waals surface area contributed by atoms with E-state index in [1.165, 1.54) is 0 Å². The number of para-hydroxylation sites is 1. The topological polar surface area (TPSA) is 114 Å². The van der Waals surface area contributed by atoms with E-state index in [9.17, 15) is 27.6 Å². The van der Waals surface area contributed by atoms with Crippen LogP contribution in [0, 0.1) is 17.8 Å². The summed E-state index contributed by atoms with van der Waals surface area (Å²) < 4.78 is 39.2. The molecule has 196 valence electrons. The van der Waals surface area contributed by atoms with Crippen molar-refractivity contribution in [1.82, 2.24) is 5.32 Å². The predicted octanol–water partition coefficient (Wildman–Crippen LogP) is 4.43. The van der Waals surface area contributed by atoms with Gasteiger partial charge in [0.2, 0.25) is 18.0 Å². The number of carbonyl (C=O) groups is 3. The molecule has 0 bridgehead atoms. The number of hydrogen-bond acceptors (Lipinski definition) is 4. The van der Waals surface area contributed by atoms with Crippen LogP contribution >= 0.6 is 11.6 Å². The highest BCUT2D eigenvalue weighted by Crippen LogP contribution is 2.39. The summed E-state index contributed by atoms with van der Waals surface area (Å²) in [5.74, 6) is -4.76. The van der Waals surface area contributed by atoms with Crippen molar-refractivity contribution in [2.45, 2.75) is 44.4 Å². The first-order chi connectivity index (χ1) is 17.5. The molecule has 0 aromatic heterocycles. The number of rotatable bonds is 9. The lowest BCUT2D eigenvalue weighted by molar-refractivity contribution is -0.146. The van der Waals surface area contributed by atoms with Gasteiger partial charge in [0.15, 0.2) is 0 Å². The Morgan fingerprint density at radius 2 is 1.81 bits per heavy atom. The van der Waals surface area contributed by atoms with Gasteiger partial charge in [-0.1, -0.05) is 66.9 Å². The zero-order valence-electron chi connectivity index (χ0n) is 19.7. The molecule has 1 heterocycles. The molecule has 1 aliphatic carbocycles. The van der Waals surface area contributed by atoms with Gasteiger partial charge in [-0.25, -0.2) is 4.99 Å². The molecule has 3 atom stereocenters. The fraction of sp³-hybridized carbons (Fsp3) is 0.385. The quantitative estimate of drug-likeness (QED) is 0.442. The Balaban J connectivity index is 1.67. The molecule has 0 saturated heterocycles. The van der Waals surface area contributed by atoms with E-state index >= 15 is 0 Å². The standard InChI is InChI=1S/C26H26ClF3N4O3/c27-19-8-4-7-17-20(15-5-2-1-3-6-15)32-23(25(37)33-21(17)19)34-24(36)16(11-12-26(28,29)30)18(22(31)35)13-14-9-10-14/h1-8,14,16,18,23H,9-13H2,(H2,31,35)(H,33,37)(H,34,36)/t16-,18+,23-/m1/s1. The van der Waals surface area contributed by atoms with Gasteiger partial charge in [-0.15, -0.1) is 0 Å². The number of nitrogens with zero attached hydrogens (tertiary/aromatic N) is 1. The summed E-state index contributed by atoms with van der Waals surface area (Å²) in [6, 6.07) is 13.9. The lowest BCUT2D eigenvalue weighted by Gasteiger charge is -2.26. The Kier molecular flexibility index (Phi) is 7.87. The maximum atomic E-state index is 13.4. The van der Waals surface area contributed by atoms with Gasteiger partial charge in [-0.2, -0.15) is 13.2 Å². The van der Waals surface area contributed by atoms with Gasteiger partial charge in [0.05, 0.1) is 16.4 Å². The van der Waals surface area contributed by atoms with E-state index in [4.69, 9.17) is 17.3 Å². The van der Waals surface area contributed by atoms with E-state index < -0.39 is 54.7 Å². The summed E-state index contributed by atoms with van der Waals surface area (Å²) in [4.78, 5) is 43.2. The molecule has 2 aromatic rings. The maximum absolute atomic E-state index is 13.4. The van der Waals surface area contributed by atoms with Crippen molar-refractivity contribution in [2.75, 3.05) is 5.32 Å². The lowest BCUT2D eigenvalue weighted by Crippen LogP contribution is -2.48. The van der Waals surface area contributed by atoms with Crippen molar-refractivity contribution < 1.29 is 27.6 Å². The normalized spacial score (nSPS) is 19.1. The molecule has 0 unspecified atom stereocenters. The second-order valence-corrected chi connectivity index (χ2v) is 9.76. The molecule has 37 heavy (non-hydrogen) atoms. The van der Waals surface area contributed by atoms with Gasteiger partial charge in [0, 0.05) is 29.4 Å². The van der Waals surface area contributed by atoms with E-state index in [-0.39, 0.29) is 17.4 Å². The maximum Gasteiger partial charge on any atom is 0.389 e. The number of amides is 3. The van der Waals surface area contributed by atoms with Gasteiger partial charge < -0.3 is 16.4 Å². The molecule has 2 aliphatic rings. The van der Waals surface area contributed by atoms with Crippen molar-refractivity contribution in [3.8, 4) is 0 Å². The van der Waals surface area contributed by atoms with Crippen LogP contribution < -0.4 is 16.4 Å². The number of benzene rings is 2. The van der Waals surface area contributed by atoms with Crippen LogP contribution in [-0.2, 0) is 14.4 Å². The van der Waals surface area contributed by atoms with E-state index in [2.05, 4.69) is 15.6 Å². The van der Waals surface area contributed by atoms with E-state index in [1.807, 2.05) is 0 Å². The molecule has 11 heteroatoms. The van der Waals surface area contributed by atoms with Crippen LogP contribution in [0.4, 0.5) is 18.9 Å². The first-order valence-electron chi connectivity index (χ1n) is 11.9. The number of carbonyl (C=O) groups excluding carboxylic acids is 3. The van der Waals surface area contributed by atoms with Crippen LogP contribution in [0.3, 0.4) is 0 Å². The van der Waals surface area contributed by atoms with Crippen molar-refractivity contribution >= 4 is 40.7 Å². The van der Waals surface area contributed by atoms with Gasteiger partial charge in [0.25, 0.3) is 5.91 Å². The van der Waals surface area contributed by atoms with Gasteiger partial charge in [-0.05, 0) is 24.8 Å². The smallest absolute Gasteiger partial charge is 0.369 e. The fourth-order valence-corrected chi connectivity index (χ4v) is 4.71. The van der Waals surface area contributed by atoms with Crippen LogP contribution in [0.5, 0.6) is 0 Å². The van der Waals surface area contributed by atoms with E-state index in [1.54, 1.807) is 48.5 Å². The molecule has 3 amide bonds. The highest BCUT2D eigenvalue weighted by atomic mass is 35.5. The number of primary amides is 1. The lowest BCUT2D eigenvalue weighted by atomic mass is 9.83. The molecule has 1 saturated carbocycles. The zero-order valence-corrected chi connectivity index (χ0v) is 20.5. The molecule has 7 nitrogen and oxygen atoms in total. The Bertz CT molecular complexity index is 1220. The number of benzodiazepines with no additional fused rings is 1. The number of halogens is 4. The third-order valence-electron chi connectivity index (χ3n) is 6.56. The van der Waals surface area contributed by atoms with Crippen LogP contribution in [0.15, 0.2) is 53.5 Å². The molecule has 0 spiro atoms. The summed E-state index contributed by atoms with van der Waals surface area (Å²) in [5, 5.41) is 5.39. The van der Waals surface area contributed by atoms with Gasteiger partial charge in [0.1, 0.15) is 0 Å². The van der Waals surface area contributed by atoms with Crippen LogP contribution in [0.1, 0.15) is 43.2 Å². The highest BCUT2D eigenvalue weighted by molar-refractivity contribution is 6.36.